The quantitative estimate of drug-likeness (QED) is 0.211. The van der Waals surface area contributed by atoms with E-state index >= 15 is 0 Å². The molecule has 0 bridgehead atoms. The number of aromatic nitrogens is 2. The summed E-state index contributed by atoms with van der Waals surface area (Å²) in [5.41, 5.74) is 4.31. The van der Waals surface area contributed by atoms with Gasteiger partial charge in [0.05, 0.1) is 20.5 Å². The molecule has 0 fully saturated rings. The highest BCUT2D eigenvalue weighted by Crippen LogP contribution is 2.28. The number of fused-ring (bicyclic) bond motifs is 3. The van der Waals surface area contributed by atoms with Crippen molar-refractivity contribution in [1.82, 2.24) is 9.38 Å². The lowest BCUT2D eigenvalue weighted by Gasteiger charge is -2.10. The van der Waals surface area contributed by atoms with Crippen molar-refractivity contribution in [2.75, 3.05) is 0 Å². The molecule has 0 aliphatic heterocycles. The highest BCUT2D eigenvalue weighted by atomic mass is 35.5. The molecule has 35 heavy (non-hydrogen) atoms. The molecule has 5 aromatic rings. The predicted octanol–water partition coefficient (Wildman–Crippen LogP) is 5.87. The van der Waals surface area contributed by atoms with Gasteiger partial charge in [0.25, 0.3) is 11.2 Å². The smallest absolute Gasteiger partial charge is 0.274 e. The van der Waals surface area contributed by atoms with Crippen LogP contribution in [0.3, 0.4) is 0 Å². The van der Waals surface area contributed by atoms with E-state index in [2.05, 4.69) is 4.98 Å². The lowest BCUT2D eigenvalue weighted by Crippen LogP contribution is -2.22. The van der Waals surface area contributed by atoms with E-state index in [-0.39, 0.29) is 17.9 Å². The van der Waals surface area contributed by atoms with Gasteiger partial charge in [-0.1, -0.05) is 46.7 Å². The van der Waals surface area contributed by atoms with Crippen molar-refractivity contribution in [1.29, 1.82) is 0 Å². The fourth-order valence-corrected chi connectivity index (χ4v) is 5.37. The third kappa shape index (κ3) is 4.36. The van der Waals surface area contributed by atoms with Gasteiger partial charge < -0.3 is 4.74 Å². The Morgan fingerprint density at radius 1 is 1.14 bits per heavy atom. The first-order valence-electron chi connectivity index (χ1n) is 10.5. The van der Waals surface area contributed by atoms with Crippen LogP contribution in [0.4, 0.5) is 5.69 Å². The summed E-state index contributed by atoms with van der Waals surface area (Å²) in [6.45, 7) is 4.05. The largest absolute Gasteiger partial charge is 0.488 e. The molecule has 0 saturated heterocycles. The number of aryl methyl sites for hydroxylation is 2. The number of nitro benzene ring substituents is 1. The van der Waals surface area contributed by atoms with Gasteiger partial charge in [0.1, 0.15) is 12.4 Å². The summed E-state index contributed by atoms with van der Waals surface area (Å²) in [4.78, 5) is 29.4. The number of non-ortho nitro benzene ring substituents is 1. The molecule has 0 amide bonds. The van der Waals surface area contributed by atoms with E-state index in [0.717, 1.165) is 22.2 Å². The third-order valence-corrected chi connectivity index (χ3v) is 7.12. The zero-order chi connectivity index (χ0) is 24.9. The lowest BCUT2D eigenvalue weighted by molar-refractivity contribution is -0.384. The van der Waals surface area contributed by atoms with Crippen molar-refractivity contribution in [3.05, 3.63) is 106 Å². The summed E-state index contributed by atoms with van der Waals surface area (Å²) < 4.78 is 7.92. The highest BCUT2D eigenvalue weighted by Gasteiger charge is 2.16. The minimum absolute atomic E-state index is 0.112. The average Bonchev–Trinajstić information content (AvgIpc) is 3.30. The molecule has 0 unspecified atom stereocenters. The van der Waals surface area contributed by atoms with Crippen LogP contribution in [0.2, 0.25) is 10.0 Å². The zero-order valence-electron chi connectivity index (χ0n) is 18.5. The maximum Gasteiger partial charge on any atom is 0.274 e. The SMILES string of the molecule is Cc1cc(C)c2nc3s/c(=C\c4cc([N+](=O)[O-])ccc4OCc4ccc(Cl)cc4Cl)c(=O)n3c2c1. The van der Waals surface area contributed by atoms with Crippen molar-refractivity contribution in [2.24, 2.45) is 0 Å². The third-order valence-electron chi connectivity index (χ3n) is 5.57. The molecule has 0 saturated carbocycles. The van der Waals surface area contributed by atoms with Gasteiger partial charge in [-0.15, -0.1) is 0 Å². The van der Waals surface area contributed by atoms with Crippen LogP contribution in [0.1, 0.15) is 22.3 Å². The first-order chi connectivity index (χ1) is 16.7. The summed E-state index contributed by atoms with van der Waals surface area (Å²) in [6, 6.07) is 13.3. The first-order valence-corrected chi connectivity index (χ1v) is 12.1. The maximum absolute atomic E-state index is 13.3. The summed E-state index contributed by atoms with van der Waals surface area (Å²) in [5.74, 6) is 0.378. The van der Waals surface area contributed by atoms with Crippen molar-refractivity contribution in [2.45, 2.75) is 20.5 Å². The molecule has 0 atom stereocenters. The van der Waals surface area contributed by atoms with Crippen LogP contribution in [0.25, 0.3) is 22.1 Å². The molecule has 0 N–H and O–H groups in total. The van der Waals surface area contributed by atoms with Crippen LogP contribution in [0.15, 0.2) is 53.3 Å². The minimum atomic E-state index is -0.490. The Labute approximate surface area is 213 Å². The normalized spacial score (nSPS) is 12.1. The fourth-order valence-electron chi connectivity index (χ4n) is 3.94. The number of nitrogens with zero attached hydrogens (tertiary/aromatic N) is 3. The van der Waals surface area contributed by atoms with E-state index in [1.165, 1.54) is 29.5 Å². The molecule has 2 heterocycles. The molecule has 2 aromatic heterocycles. The summed E-state index contributed by atoms with van der Waals surface area (Å²) in [7, 11) is 0. The summed E-state index contributed by atoms with van der Waals surface area (Å²) >= 11 is 13.4. The number of nitro groups is 1. The van der Waals surface area contributed by atoms with Crippen LogP contribution in [0, 0.1) is 24.0 Å². The monoisotopic (exact) mass is 525 g/mol. The van der Waals surface area contributed by atoms with Gasteiger partial charge in [-0.25, -0.2) is 9.38 Å². The average molecular weight is 526 g/mol. The van der Waals surface area contributed by atoms with E-state index in [0.29, 0.717) is 36.4 Å². The Balaban J connectivity index is 1.62. The van der Waals surface area contributed by atoms with Gasteiger partial charge in [-0.05, 0) is 55.3 Å². The van der Waals surface area contributed by atoms with Gasteiger partial charge in [-0.3, -0.25) is 14.9 Å². The van der Waals surface area contributed by atoms with Gasteiger partial charge in [0.2, 0.25) is 0 Å². The molecule has 7 nitrogen and oxygen atoms in total. The number of ether oxygens (including phenoxy) is 1. The van der Waals surface area contributed by atoms with Crippen LogP contribution in [0.5, 0.6) is 5.75 Å². The number of imidazole rings is 1. The van der Waals surface area contributed by atoms with E-state index in [1.54, 1.807) is 28.7 Å². The van der Waals surface area contributed by atoms with Crippen molar-refractivity contribution in [3.8, 4) is 5.75 Å². The molecule has 176 valence electrons. The summed E-state index contributed by atoms with van der Waals surface area (Å²) in [6.07, 6.45) is 1.60. The Hall–Kier alpha value is -3.46. The molecule has 10 heteroatoms. The van der Waals surface area contributed by atoms with Gasteiger partial charge in [0, 0.05) is 33.3 Å². The molecule has 0 aliphatic carbocycles. The Morgan fingerprint density at radius 2 is 1.94 bits per heavy atom. The second kappa shape index (κ2) is 8.96. The number of rotatable bonds is 5. The molecular weight excluding hydrogens is 509 g/mol. The number of halogens is 2. The molecule has 5 rings (SSSR count). The standard InChI is InChI=1S/C25H17Cl2N3O4S/c1-13-7-14(2)23-20(8-13)29-24(31)22(35-25(29)28-23)10-16-9-18(30(32)33)5-6-21(16)34-12-15-3-4-17(26)11-19(15)27/h3-11H,12H2,1-2H3/b22-10-. The van der Waals surface area contributed by atoms with Crippen molar-refractivity contribution < 1.29 is 9.66 Å². The van der Waals surface area contributed by atoms with Crippen molar-refractivity contribution >= 4 is 62.3 Å². The van der Waals surface area contributed by atoms with Gasteiger partial charge in [0.15, 0.2) is 4.96 Å². The second-order valence-electron chi connectivity index (χ2n) is 8.10. The topological polar surface area (TPSA) is 86.7 Å². The van der Waals surface area contributed by atoms with Gasteiger partial charge in [-0.2, -0.15) is 0 Å². The molecule has 3 aromatic carbocycles. The Kier molecular flexibility index (Phi) is 5.96. The van der Waals surface area contributed by atoms with Crippen LogP contribution in [-0.4, -0.2) is 14.3 Å². The molecule has 0 radical (unpaired) electrons. The molecule has 0 spiro atoms. The minimum Gasteiger partial charge on any atom is -0.488 e. The van der Waals surface area contributed by atoms with Crippen molar-refractivity contribution in [3.63, 3.8) is 0 Å². The first kappa shape index (κ1) is 23.3. The maximum atomic E-state index is 13.3. The number of thiazole rings is 1. The van der Waals surface area contributed by atoms with E-state index < -0.39 is 4.92 Å². The van der Waals surface area contributed by atoms with Crippen LogP contribution >= 0.6 is 34.5 Å². The van der Waals surface area contributed by atoms with E-state index in [4.69, 9.17) is 27.9 Å². The van der Waals surface area contributed by atoms with E-state index in [9.17, 15) is 14.9 Å². The van der Waals surface area contributed by atoms with E-state index in [1.807, 2.05) is 26.0 Å². The summed E-state index contributed by atoms with van der Waals surface area (Å²) in [5, 5.41) is 12.4. The fraction of sp³-hybridized carbons (Fsp3) is 0.120. The Morgan fingerprint density at radius 3 is 2.69 bits per heavy atom. The number of benzene rings is 3. The second-order valence-corrected chi connectivity index (χ2v) is 9.95. The zero-order valence-corrected chi connectivity index (χ0v) is 20.9. The number of hydrogen-bond acceptors (Lipinski definition) is 6. The highest BCUT2D eigenvalue weighted by molar-refractivity contribution is 7.15. The molecular formula is C25H17Cl2N3O4S. The Bertz CT molecular complexity index is 1760. The lowest BCUT2D eigenvalue weighted by atomic mass is 10.1. The predicted molar refractivity (Wildman–Crippen MR) is 139 cm³/mol. The van der Waals surface area contributed by atoms with Crippen LogP contribution in [-0.2, 0) is 6.61 Å². The van der Waals surface area contributed by atoms with Crippen LogP contribution < -0.4 is 14.8 Å². The molecule has 0 aliphatic rings. The van der Waals surface area contributed by atoms with Gasteiger partial charge >= 0.3 is 0 Å². The number of hydrogen-bond donors (Lipinski definition) is 0.